The smallest absolute Gasteiger partial charge is 0.0865 e. The van der Waals surface area contributed by atoms with E-state index in [9.17, 15) is 0 Å². The fraction of sp³-hybridized carbons (Fsp3) is 0.571. The van der Waals surface area contributed by atoms with Gasteiger partial charge in [-0.1, -0.05) is 38.1 Å². The molecular formula is C14H23NO. The third kappa shape index (κ3) is 2.28. The van der Waals surface area contributed by atoms with Gasteiger partial charge < -0.3 is 10.5 Å². The van der Waals surface area contributed by atoms with Crippen LogP contribution in [0.4, 0.5) is 0 Å². The second-order valence-corrected chi connectivity index (χ2v) is 4.31. The van der Waals surface area contributed by atoms with Crippen molar-refractivity contribution >= 4 is 0 Å². The number of hydrogen-bond acceptors (Lipinski definition) is 2. The van der Waals surface area contributed by atoms with Crippen LogP contribution in [-0.2, 0) is 4.74 Å². The van der Waals surface area contributed by atoms with Crippen molar-refractivity contribution in [2.75, 3.05) is 7.11 Å². The molecule has 2 N–H and O–H groups in total. The molecule has 0 fully saturated rings. The van der Waals surface area contributed by atoms with Crippen LogP contribution in [0.15, 0.2) is 24.3 Å². The lowest BCUT2D eigenvalue weighted by atomic mass is 9.83. The van der Waals surface area contributed by atoms with Gasteiger partial charge >= 0.3 is 0 Å². The van der Waals surface area contributed by atoms with Crippen molar-refractivity contribution in [2.45, 2.75) is 45.3 Å². The monoisotopic (exact) mass is 221 g/mol. The molecule has 0 saturated heterocycles. The Morgan fingerprint density at radius 1 is 1.25 bits per heavy atom. The molecule has 0 bridgehead atoms. The molecule has 0 aliphatic heterocycles. The summed E-state index contributed by atoms with van der Waals surface area (Å²) in [5, 5.41) is 0. The summed E-state index contributed by atoms with van der Waals surface area (Å²) < 4.78 is 5.68. The average Bonchev–Trinajstić information content (AvgIpc) is 2.32. The zero-order chi connectivity index (χ0) is 12.2. The first kappa shape index (κ1) is 13.2. The molecule has 0 amide bonds. The van der Waals surface area contributed by atoms with Crippen LogP contribution in [0.5, 0.6) is 0 Å². The van der Waals surface area contributed by atoms with Gasteiger partial charge in [-0.3, -0.25) is 0 Å². The van der Waals surface area contributed by atoms with Gasteiger partial charge in [-0.2, -0.15) is 0 Å². The molecule has 1 unspecified atom stereocenters. The minimum atomic E-state index is -0.244. The summed E-state index contributed by atoms with van der Waals surface area (Å²) in [5.74, 6) is 0. The number of hydrogen-bond donors (Lipinski definition) is 1. The van der Waals surface area contributed by atoms with Crippen LogP contribution in [0.3, 0.4) is 0 Å². The molecule has 0 aliphatic carbocycles. The SMILES string of the molecule is CCC(CC)(OC)C(N)c1ccccc1C. The van der Waals surface area contributed by atoms with Crippen LogP contribution in [0.25, 0.3) is 0 Å². The van der Waals surface area contributed by atoms with Gasteiger partial charge in [0.25, 0.3) is 0 Å². The second-order valence-electron chi connectivity index (χ2n) is 4.31. The predicted molar refractivity (Wildman–Crippen MR) is 68.4 cm³/mol. The molecule has 0 aliphatic rings. The van der Waals surface area contributed by atoms with E-state index in [1.54, 1.807) is 7.11 Å². The van der Waals surface area contributed by atoms with Gasteiger partial charge in [0.1, 0.15) is 0 Å². The van der Waals surface area contributed by atoms with Gasteiger partial charge in [-0.15, -0.1) is 0 Å². The van der Waals surface area contributed by atoms with Crippen molar-refractivity contribution in [3.05, 3.63) is 35.4 Å². The van der Waals surface area contributed by atoms with E-state index in [2.05, 4.69) is 32.9 Å². The number of methoxy groups -OCH3 is 1. The average molecular weight is 221 g/mol. The Balaban J connectivity index is 3.08. The van der Waals surface area contributed by atoms with Crippen molar-refractivity contribution < 1.29 is 4.74 Å². The van der Waals surface area contributed by atoms with E-state index in [4.69, 9.17) is 10.5 Å². The maximum atomic E-state index is 6.38. The van der Waals surface area contributed by atoms with Gasteiger partial charge in [0.15, 0.2) is 0 Å². The van der Waals surface area contributed by atoms with Crippen LogP contribution < -0.4 is 5.73 Å². The van der Waals surface area contributed by atoms with Gasteiger partial charge in [0, 0.05) is 7.11 Å². The standard InChI is InChI=1S/C14H23NO/c1-5-14(6-2,16-4)13(15)12-10-8-7-9-11(12)3/h7-10,13H,5-6,15H2,1-4H3. The van der Waals surface area contributed by atoms with Crippen molar-refractivity contribution in [1.29, 1.82) is 0 Å². The summed E-state index contributed by atoms with van der Waals surface area (Å²) >= 11 is 0. The topological polar surface area (TPSA) is 35.2 Å². The van der Waals surface area contributed by atoms with Crippen LogP contribution in [-0.4, -0.2) is 12.7 Å². The fourth-order valence-electron chi connectivity index (χ4n) is 2.32. The second kappa shape index (κ2) is 5.46. The minimum absolute atomic E-state index is 0.0614. The molecule has 1 aromatic rings. The lowest BCUT2D eigenvalue weighted by Gasteiger charge is -2.37. The molecule has 90 valence electrons. The maximum Gasteiger partial charge on any atom is 0.0865 e. The summed E-state index contributed by atoms with van der Waals surface area (Å²) in [6.07, 6.45) is 1.85. The number of nitrogens with two attached hydrogens (primary N) is 1. The predicted octanol–water partition coefficient (Wildman–Crippen LogP) is 3.20. The summed E-state index contributed by atoms with van der Waals surface area (Å²) in [7, 11) is 1.76. The Morgan fingerprint density at radius 2 is 1.81 bits per heavy atom. The van der Waals surface area contributed by atoms with E-state index < -0.39 is 0 Å². The summed E-state index contributed by atoms with van der Waals surface area (Å²) in [4.78, 5) is 0. The molecule has 0 aromatic heterocycles. The highest BCUT2D eigenvalue weighted by Gasteiger charge is 2.34. The normalized spacial score (nSPS) is 13.8. The van der Waals surface area contributed by atoms with E-state index in [1.165, 1.54) is 11.1 Å². The lowest BCUT2D eigenvalue weighted by Crippen LogP contribution is -2.42. The Bertz CT molecular complexity index is 323. The minimum Gasteiger partial charge on any atom is -0.376 e. The molecule has 1 atom stereocenters. The van der Waals surface area contributed by atoms with Crippen LogP contribution in [0.1, 0.15) is 43.9 Å². The molecular weight excluding hydrogens is 198 g/mol. The highest BCUT2D eigenvalue weighted by molar-refractivity contribution is 5.30. The number of ether oxygens (including phenoxy) is 1. The fourth-order valence-corrected chi connectivity index (χ4v) is 2.32. The molecule has 2 heteroatoms. The number of rotatable bonds is 5. The first-order valence-electron chi connectivity index (χ1n) is 5.97. The van der Waals surface area contributed by atoms with Crippen molar-refractivity contribution in [3.63, 3.8) is 0 Å². The Hall–Kier alpha value is -0.860. The molecule has 0 radical (unpaired) electrons. The quantitative estimate of drug-likeness (QED) is 0.828. The highest BCUT2D eigenvalue weighted by Crippen LogP contribution is 2.34. The van der Waals surface area contributed by atoms with Crippen LogP contribution in [0, 0.1) is 6.92 Å². The Kier molecular flexibility index (Phi) is 4.51. The van der Waals surface area contributed by atoms with E-state index in [-0.39, 0.29) is 11.6 Å². The molecule has 0 saturated carbocycles. The Morgan fingerprint density at radius 3 is 2.25 bits per heavy atom. The maximum absolute atomic E-state index is 6.38. The highest BCUT2D eigenvalue weighted by atomic mass is 16.5. The van der Waals surface area contributed by atoms with E-state index in [0.717, 1.165) is 12.8 Å². The van der Waals surface area contributed by atoms with Gasteiger partial charge in [-0.25, -0.2) is 0 Å². The molecule has 0 heterocycles. The third-order valence-electron chi connectivity index (χ3n) is 3.69. The Labute approximate surface area is 98.8 Å². The lowest BCUT2D eigenvalue weighted by molar-refractivity contribution is -0.0387. The molecule has 2 nitrogen and oxygen atoms in total. The molecule has 1 rings (SSSR count). The van der Waals surface area contributed by atoms with Crippen molar-refractivity contribution in [3.8, 4) is 0 Å². The van der Waals surface area contributed by atoms with Crippen LogP contribution >= 0.6 is 0 Å². The summed E-state index contributed by atoms with van der Waals surface area (Å²) in [6.45, 7) is 6.36. The molecule has 16 heavy (non-hydrogen) atoms. The van der Waals surface area contributed by atoms with Crippen molar-refractivity contribution in [2.24, 2.45) is 5.73 Å². The van der Waals surface area contributed by atoms with Gasteiger partial charge in [0.05, 0.1) is 11.6 Å². The number of aryl methyl sites for hydroxylation is 1. The molecule has 1 aromatic carbocycles. The largest absolute Gasteiger partial charge is 0.376 e. The van der Waals surface area contributed by atoms with E-state index in [0.29, 0.717) is 0 Å². The first-order chi connectivity index (χ1) is 7.61. The van der Waals surface area contributed by atoms with Gasteiger partial charge in [-0.05, 0) is 30.9 Å². The van der Waals surface area contributed by atoms with Crippen LogP contribution in [0.2, 0.25) is 0 Å². The first-order valence-corrected chi connectivity index (χ1v) is 5.97. The van der Waals surface area contributed by atoms with E-state index >= 15 is 0 Å². The zero-order valence-corrected chi connectivity index (χ0v) is 10.8. The zero-order valence-electron chi connectivity index (χ0n) is 10.8. The summed E-state index contributed by atoms with van der Waals surface area (Å²) in [6, 6.07) is 8.21. The third-order valence-corrected chi connectivity index (χ3v) is 3.69. The van der Waals surface area contributed by atoms with Gasteiger partial charge in [0.2, 0.25) is 0 Å². The number of benzene rings is 1. The molecule has 0 spiro atoms. The van der Waals surface area contributed by atoms with Crippen molar-refractivity contribution in [1.82, 2.24) is 0 Å². The van der Waals surface area contributed by atoms with E-state index in [1.807, 2.05) is 12.1 Å². The summed E-state index contributed by atoms with van der Waals surface area (Å²) in [5.41, 5.74) is 8.56.